The van der Waals surface area contributed by atoms with Crippen LogP contribution in [0.2, 0.25) is 0 Å². The zero-order valence-corrected chi connectivity index (χ0v) is 13.2. The van der Waals surface area contributed by atoms with Crippen molar-refractivity contribution < 1.29 is 14.2 Å². The van der Waals surface area contributed by atoms with Crippen molar-refractivity contribution in [2.24, 2.45) is 0 Å². The topological polar surface area (TPSA) is 82.6 Å². The number of benzene rings is 1. The van der Waals surface area contributed by atoms with Crippen molar-refractivity contribution in [3.05, 3.63) is 68.5 Å². The largest absolute Gasteiger partial charge is 0.349 e. The van der Waals surface area contributed by atoms with Crippen molar-refractivity contribution in [1.82, 2.24) is 9.55 Å². The maximum absolute atomic E-state index is 12.0. The summed E-state index contributed by atoms with van der Waals surface area (Å²) in [7, 11) is 0. The van der Waals surface area contributed by atoms with Gasteiger partial charge >= 0.3 is 5.69 Å². The van der Waals surface area contributed by atoms with Gasteiger partial charge in [0.25, 0.3) is 5.56 Å². The fourth-order valence-corrected chi connectivity index (χ4v) is 3.13. The number of fused-ring (bicyclic) bond motifs is 1. The number of H-pyrrole nitrogens is 1. The zero-order valence-electron chi connectivity index (χ0n) is 13.2. The predicted octanol–water partition coefficient (Wildman–Crippen LogP) is 1.25. The van der Waals surface area contributed by atoms with E-state index in [-0.39, 0.29) is 17.8 Å². The molecular formula is C17H18N2O5. The highest BCUT2D eigenvalue weighted by Gasteiger charge is 2.42. The number of nitrogens with zero attached hydrogens (tertiary/aromatic N) is 1. The third-order valence-corrected chi connectivity index (χ3v) is 4.42. The van der Waals surface area contributed by atoms with Gasteiger partial charge in [-0.1, -0.05) is 30.3 Å². The number of aromatic amines is 1. The fourth-order valence-electron chi connectivity index (χ4n) is 3.13. The van der Waals surface area contributed by atoms with Gasteiger partial charge in [0.2, 0.25) is 0 Å². The van der Waals surface area contributed by atoms with E-state index < -0.39 is 18.2 Å². The van der Waals surface area contributed by atoms with Gasteiger partial charge in [-0.25, -0.2) is 4.79 Å². The van der Waals surface area contributed by atoms with Crippen molar-refractivity contribution in [2.45, 2.75) is 38.1 Å². The Morgan fingerprint density at radius 2 is 1.92 bits per heavy atom. The molecule has 0 radical (unpaired) electrons. The molecule has 1 aromatic heterocycles. The molecule has 4 atom stereocenters. The molecule has 0 spiro atoms. The van der Waals surface area contributed by atoms with Crippen LogP contribution in [-0.4, -0.2) is 28.4 Å². The Hall–Kier alpha value is -2.22. The van der Waals surface area contributed by atoms with Gasteiger partial charge in [-0.3, -0.25) is 14.3 Å². The SMILES string of the molecule is Cc1cn([C@H]2C[C@H]3O[C@H](c4ccccc4)OC[C@H]3O2)c(=O)[nH]c1=O. The summed E-state index contributed by atoms with van der Waals surface area (Å²) in [4.78, 5) is 25.8. The van der Waals surface area contributed by atoms with Crippen LogP contribution in [0.1, 0.15) is 30.1 Å². The Morgan fingerprint density at radius 3 is 2.71 bits per heavy atom. The van der Waals surface area contributed by atoms with Crippen LogP contribution in [0.25, 0.3) is 0 Å². The number of rotatable bonds is 2. The van der Waals surface area contributed by atoms with Crippen molar-refractivity contribution >= 4 is 0 Å². The first-order valence-corrected chi connectivity index (χ1v) is 7.91. The van der Waals surface area contributed by atoms with E-state index in [1.165, 1.54) is 10.8 Å². The van der Waals surface area contributed by atoms with Crippen molar-refractivity contribution in [1.29, 1.82) is 0 Å². The summed E-state index contributed by atoms with van der Waals surface area (Å²) in [6.07, 6.45) is 0.772. The Morgan fingerprint density at radius 1 is 1.12 bits per heavy atom. The van der Waals surface area contributed by atoms with E-state index in [1.807, 2.05) is 30.3 Å². The molecule has 2 aliphatic heterocycles. The molecule has 24 heavy (non-hydrogen) atoms. The highest BCUT2D eigenvalue weighted by atomic mass is 16.7. The van der Waals surface area contributed by atoms with Crippen LogP contribution in [0.3, 0.4) is 0 Å². The first-order valence-electron chi connectivity index (χ1n) is 7.91. The molecule has 3 heterocycles. The molecule has 7 nitrogen and oxygen atoms in total. The van der Waals surface area contributed by atoms with Gasteiger partial charge in [-0.05, 0) is 6.92 Å². The summed E-state index contributed by atoms with van der Waals surface area (Å²) < 4.78 is 19.1. The lowest BCUT2D eigenvalue weighted by Crippen LogP contribution is -2.37. The third kappa shape index (κ3) is 2.71. The molecule has 4 rings (SSSR count). The lowest BCUT2D eigenvalue weighted by atomic mass is 10.1. The molecule has 1 N–H and O–H groups in total. The summed E-state index contributed by atoms with van der Waals surface area (Å²) >= 11 is 0. The lowest BCUT2D eigenvalue weighted by Gasteiger charge is -2.31. The minimum absolute atomic E-state index is 0.159. The van der Waals surface area contributed by atoms with Gasteiger partial charge in [0, 0.05) is 23.7 Å². The summed E-state index contributed by atoms with van der Waals surface area (Å²) in [5, 5.41) is 0. The first-order chi connectivity index (χ1) is 11.6. The Kier molecular flexibility index (Phi) is 3.84. The van der Waals surface area contributed by atoms with Crippen LogP contribution in [0, 0.1) is 6.92 Å². The minimum atomic E-state index is -0.477. The van der Waals surface area contributed by atoms with Crippen molar-refractivity contribution in [3.8, 4) is 0 Å². The van der Waals surface area contributed by atoms with Gasteiger partial charge in [-0.15, -0.1) is 0 Å². The summed E-state index contributed by atoms with van der Waals surface area (Å²) in [6.45, 7) is 2.06. The number of hydrogen-bond donors (Lipinski definition) is 1. The van der Waals surface area contributed by atoms with Gasteiger partial charge in [0.1, 0.15) is 12.3 Å². The molecule has 0 bridgehead atoms. The molecule has 0 saturated carbocycles. The Bertz CT molecular complexity index is 844. The minimum Gasteiger partial charge on any atom is -0.349 e. The van der Waals surface area contributed by atoms with Gasteiger partial charge in [0.15, 0.2) is 6.29 Å². The van der Waals surface area contributed by atoms with E-state index in [1.54, 1.807) is 6.92 Å². The van der Waals surface area contributed by atoms with Crippen LogP contribution in [0.4, 0.5) is 0 Å². The third-order valence-electron chi connectivity index (χ3n) is 4.42. The smallest absolute Gasteiger partial charge is 0.330 e. The summed E-state index contributed by atoms with van der Waals surface area (Å²) in [5.74, 6) is 0. The lowest BCUT2D eigenvalue weighted by molar-refractivity contribution is -0.245. The van der Waals surface area contributed by atoms with E-state index in [0.29, 0.717) is 18.6 Å². The van der Waals surface area contributed by atoms with Gasteiger partial charge in [-0.2, -0.15) is 0 Å². The van der Waals surface area contributed by atoms with E-state index in [4.69, 9.17) is 14.2 Å². The average molecular weight is 330 g/mol. The normalized spacial score (nSPS) is 29.4. The number of aromatic nitrogens is 2. The van der Waals surface area contributed by atoms with Crippen LogP contribution in [0.5, 0.6) is 0 Å². The van der Waals surface area contributed by atoms with Crippen LogP contribution >= 0.6 is 0 Å². The van der Waals surface area contributed by atoms with E-state index in [9.17, 15) is 9.59 Å². The summed E-state index contributed by atoms with van der Waals surface area (Å²) in [5.41, 5.74) is 0.564. The second kappa shape index (κ2) is 6.01. The first kappa shape index (κ1) is 15.3. The van der Waals surface area contributed by atoms with Crippen molar-refractivity contribution in [3.63, 3.8) is 0 Å². The van der Waals surface area contributed by atoms with Gasteiger partial charge < -0.3 is 14.2 Å². The molecule has 0 unspecified atom stereocenters. The molecule has 0 aliphatic carbocycles. The Balaban J connectivity index is 1.53. The molecule has 2 fully saturated rings. The molecule has 2 aromatic rings. The summed E-state index contributed by atoms with van der Waals surface area (Å²) in [6, 6.07) is 9.71. The van der Waals surface area contributed by atoms with Gasteiger partial charge in [0.05, 0.1) is 12.7 Å². The molecule has 2 aliphatic rings. The van der Waals surface area contributed by atoms with Crippen molar-refractivity contribution in [2.75, 3.05) is 6.61 Å². The van der Waals surface area contributed by atoms with Crippen LogP contribution in [-0.2, 0) is 14.2 Å². The molecule has 126 valence electrons. The van der Waals surface area contributed by atoms with E-state index in [2.05, 4.69) is 4.98 Å². The van der Waals surface area contributed by atoms with E-state index >= 15 is 0 Å². The Labute approximate surface area is 137 Å². The molecular weight excluding hydrogens is 312 g/mol. The zero-order chi connectivity index (χ0) is 16.7. The predicted molar refractivity (Wildman–Crippen MR) is 84.6 cm³/mol. The quantitative estimate of drug-likeness (QED) is 0.896. The molecule has 1 aromatic carbocycles. The number of hydrogen-bond acceptors (Lipinski definition) is 5. The molecule has 0 amide bonds. The number of aryl methyl sites for hydroxylation is 1. The second-order valence-electron chi connectivity index (χ2n) is 6.09. The highest BCUT2D eigenvalue weighted by molar-refractivity contribution is 5.16. The second-order valence-corrected chi connectivity index (χ2v) is 6.09. The average Bonchev–Trinajstić information content (AvgIpc) is 3.01. The monoisotopic (exact) mass is 330 g/mol. The standard InChI is InChI=1S/C17H18N2O5/c1-10-8-19(17(21)18-15(10)20)14-7-12-13(23-14)9-22-16(24-12)11-5-3-2-4-6-11/h2-6,8,12-14,16H,7,9H2,1H3,(H,18,20,21)/t12-,13-,14-,16-/m1/s1. The number of nitrogens with one attached hydrogen (secondary N) is 1. The maximum Gasteiger partial charge on any atom is 0.330 e. The molecule has 2 saturated heterocycles. The van der Waals surface area contributed by atoms with Crippen LogP contribution < -0.4 is 11.2 Å². The molecule has 7 heteroatoms. The van der Waals surface area contributed by atoms with E-state index in [0.717, 1.165) is 5.56 Å². The highest BCUT2D eigenvalue weighted by Crippen LogP contribution is 2.37. The maximum atomic E-state index is 12.0. The fraction of sp³-hybridized carbons (Fsp3) is 0.412. The van der Waals surface area contributed by atoms with Crippen LogP contribution in [0.15, 0.2) is 46.1 Å². The number of ether oxygens (including phenoxy) is 3.